The van der Waals surface area contributed by atoms with Gasteiger partial charge in [-0.3, -0.25) is 0 Å². The van der Waals surface area contributed by atoms with Gasteiger partial charge in [0.05, 0.1) is 5.83 Å². The summed E-state index contributed by atoms with van der Waals surface area (Å²) in [6, 6.07) is 0.0989. The Kier molecular flexibility index (Phi) is 3.45. The van der Waals surface area contributed by atoms with E-state index in [0.717, 1.165) is 12.8 Å². The van der Waals surface area contributed by atoms with Gasteiger partial charge in [-0.15, -0.1) is 0 Å². The van der Waals surface area contributed by atoms with E-state index in [4.69, 9.17) is 11.5 Å². The van der Waals surface area contributed by atoms with Crippen LogP contribution in [0.15, 0.2) is 11.9 Å². The van der Waals surface area contributed by atoms with E-state index in [9.17, 15) is 4.39 Å². The minimum absolute atomic E-state index is 0.00706. The van der Waals surface area contributed by atoms with Gasteiger partial charge in [-0.25, -0.2) is 4.39 Å². The molecule has 0 amide bonds. The largest absolute Gasteiger partial charge is 0.330 e. The van der Waals surface area contributed by atoms with E-state index in [0.29, 0.717) is 19.4 Å². The van der Waals surface area contributed by atoms with Gasteiger partial charge in [-0.2, -0.15) is 0 Å². The molecule has 0 spiro atoms. The topological polar surface area (TPSA) is 52.0 Å². The molecule has 4 N–H and O–H groups in total. The molecule has 0 aromatic rings. The molecular formula is C10H19FN2. The van der Waals surface area contributed by atoms with E-state index in [1.54, 1.807) is 6.08 Å². The van der Waals surface area contributed by atoms with Crippen molar-refractivity contribution < 1.29 is 4.39 Å². The second-order valence-corrected chi connectivity index (χ2v) is 3.94. The first kappa shape index (κ1) is 10.7. The number of allylic oxidation sites excluding steroid dienone is 2. The first-order valence-corrected chi connectivity index (χ1v) is 4.95. The highest BCUT2D eigenvalue weighted by atomic mass is 19.1. The SMILES string of the molecule is CCC(N)C1(CN)CC=C(F)CC1. The molecule has 13 heavy (non-hydrogen) atoms. The second kappa shape index (κ2) is 4.20. The summed E-state index contributed by atoms with van der Waals surface area (Å²) in [5.41, 5.74) is 11.7. The molecule has 0 aromatic heterocycles. The van der Waals surface area contributed by atoms with Crippen LogP contribution in [-0.2, 0) is 0 Å². The van der Waals surface area contributed by atoms with Gasteiger partial charge < -0.3 is 11.5 Å². The summed E-state index contributed by atoms with van der Waals surface area (Å²) < 4.78 is 12.8. The Hall–Kier alpha value is -0.410. The Morgan fingerprint density at radius 2 is 2.38 bits per heavy atom. The van der Waals surface area contributed by atoms with Crippen LogP contribution < -0.4 is 11.5 Å². The van der Waals surface area contributed by atoms with Gasteiger partial charge in [0.2, 0.25) is 0 Å². The molecule has 1 rings (SSSR count). The van der Waals surface area contributed by atoms with Crippen molar-refractivity contribution in [1.29, 1.82) is 0 Å². The van der Waals surface area contributed by atoms with Crippen molar-refractivity contribution in [1.82, 2.24) is 0 Å². The summed E-state index contributed by atoms with van der Waals surface area (Å²) in [5, 5.41) is 0. The summed E-state index contributed by atoms with van der Waals surface area (Å²) >= 11 is 0. The molecule has 76 valence electrons. The maximum Gasteiger partial charge on any atom is 0.0960 e. The molecule has 0 aliphatic heterocycles. The van der Waals surface area contributed by atoms with Gasteiger partial charge >= 0.3 is 0 Å². The average Bonchev–Trinajstić information content (AvgIpc) is 2.18. The smallest absolute Gasteiger partial charge is 0.0960 e. The Bertz CT molecular complexity index is 203. The van der Waals surface area contributed by atoms with E-state index in [-0.39, 0.29) is 17.3 Å². The van der Waals surface area contributed by atoms with E-state index >= 15 is 0 Å². The van der Waals surface area contributed by atoms with Crippen LogP contribution >= 0.6 is 0 Å². The van der Waals surface area contributed by atoms with Gasteiger partial charge in [-0.1, -0.05) is 13.0 Å². The average molecular weight is 186 g/mol. The first-order chi connectivity index (χ1) is 6.14. The summed E-state index contributed by atoms with van der Waals surface area (Å²) in [6.07, 6.45) is 4.55. The summed E-state index contributed by atoms with van der Waals surface area (Å²) in [6.45, 7) is 2.61. The highest BCUT2D eigenvalue weighted by Crippen LogP contribution is 2.38. The van der Waals surface area contributed by atoms with Crippen molar-refractivity contribution in [2.75, 3.05) is 6.54 Å². The minimum Gasteiger partial charge on any atom is -0.330 e. The number of nitrogens with two attached hydrogens (primary N) is 2. The van der Waals surface area contributed by atoms with Gasteiger partial charge in [0.15, 0.2) is 0 Å². The number of hydrogen-bond acceptors (Lipinski definition) is 2. The van der Waals surface area contributed by atoms with Crippen LogP contribution in [0.2, 0.25) is 0 Å². The normalized spacial score (nSPS) is 31.2. The molecule has 0 saturated carbocycles. The van der Waals surface area contributed by atoms with Crippen molar-refractivity contribution in [2.45, 2.75) is 38.6 Å². The standard InChI is InChI=1S/C10H19FN2/c1-2-9(13)10(7-12)5-3-8(11)4-6-10/h3,9H,2,4-7,12-13H2,1H3. The Balaban J connectivity index is 2.72. The lowest BCUT2D eigenvalue weighted by atomic mass is 9.70. The van der Waals surface area contributed by atoms with Crippen LogP contribution in [0.5, 0.6) is 0 Å². The molecule has 0 saturated heterocycles. The molecular weight excluding hydrogens is 167 g/mol. The molecule has 0 aromatic carbocycles. The second-order valence-electron chi connectivity index (χ2n) is 3.94. The van der Waals surface area contributed by atoms with Crippen molar-refractivity contribution in [2.24, 2.45) is 16.9 Å². The third-order valence-electron chi connectivity index (χ3n) is 3.22. The number of rotatable bonds is 3. The fourth-order valence-corrected chi connectivity index (χ4v) is 1.99. The first-order valence-electron chi connectivity index (χ1n) is 4.95. The van der Waals surface area contributed by atoms with Crippen LogP contribution in [0.1, 0.15) is 32.6 Å². The lowest BCUT2D eigenvalue weighted by Gasteiger charge is -2.39. The molecule has 0 bridgehead atoms. The Morgan fingerprint density at radius 3 is 2.77 bits per heavy atom. The minimum atomic E-state index is -0.0513. The van der Waals surface area contributed by atoms with Crippen molar-refractivity contribution >= 4 is 0 Å². The van der Waals surface area contributed by atoms with Crippen molar-refractivity contribution in [3.63, 3.8) is 0 Å². The fraction of sp³-hybridized carbons (Fsp3) is 0.800. The third-order valence-corrected chi connectivity index (χ3v) is 3.22. The zero-order chi connectivity index (χ0) is 9.90. The maximum atomic E-state index is 12.8. The van der Waals surface area contributed by atoms with Gasteiger partial charge in [0.25, 0.3) is 0 Å². The molecule has 2 atom stereocenters. The fourth-order valence-electron chi connectivity index (χ4n) is 1.99. The van der Waals surface area contributed by atoms with Gasteiger partial charge in [0, 0.05) is 11.5 Å². The molecule has 0 fully saturated rings. The van der Waals surface area contributed by atoms with Crippen LogP contribution in [0.4, 0.5) is 4.39 Å². The van der Waals surface area contributed by atoms with Crippen LogP contribution in [0, 0.1) is 5.41 Å². The quantitative estimate of drug-likeness (QED) is 0.705. The monoisotopic (exact) mass is 186 g/mol. The zero-order valence-corrected chi connectivity index (χ0v) is 8.22. The van der Waals surface area contributed by atoms with E-state index < -0.39 is 0 Å². The third kappa shape index (κ3) is 2.09. The summed E-state index contributed by atoms with van der Waals surface area (Å²) in [7, 11) is 0. The molecule has 2 unspecified atom stereocenters. The van der Waals surface area contributed by atoms with E-state index in [1.807, 2.05) is 0 Å². The maximum absolute atomic E-state index is 12.8. The van der Waals surface area contributed by atoms with Crippen LogP contribution in [0.25, 0.3) is 0 Å². The highest BCUT2D eigenvalue weighted by molar-refractivity contribution is 5.06. The molecule has 0 radical (unpaired) electrons. The highest BCUT2D eigenvalue weighted by Gasteiger charge is 2.35. The van der Waals surface area contributed by atoms with Crippen LogP contribution in [-0.4, -0.2) is 12.6 Å². The Morgan fingerprint density at radius 1 is 1.69 bits per heavy atom. The molecule has 2 nitrogen and oxygen atoms in total. The molecule has 1 aliphatic carbocycles. The predicted octanol–water partition coefficient (Wildman–Crippen LogP) is 1.71. The van der Waals surface area contributed by atoms with Crippen LogP contribution in [0.3, 0.4) is 0 Å². The lowest BCUT2D eigenvalue weighted by molar-refractivity contribution is 0.193. The predicted molar refractivity (Wildman–Crippen MR) is 52.8 cm³/mol. The molecule has 3 heteroatoms. The number of hydrogen-bond donors (Lipinski definition) is 2. The van der Waals surface area contributed by atoms with Gasteiger partial charge in [0.1, 0.15) is 0 Å². The van der Waals surface area contributed by atoms with Gasteiger partial charge in [-0.05, 0) is 32.2 Å². The van der Waals surface area contributed by atoms with Crippen molar-refractivity contribution in [3.05, 3.63) is 11.9 Å². The summed E-state index contributed by atoms with van der Waals surface area (Å²) in [5.74, 6) is -0.00706. The Labute approximate surface area is 79.2 Å². The summed E-state index contributed by atoms with van der Waals surface area (Å²) in [4.78, 5) is 0. The van der Waals surface area contributed by atoms with E-state index in [2.05, 4.69) is 6.92 Å². The zero-order valence-electron chi connectivity index (χ0n) is 8.22. The van der Waals surface area contributed by atoms with E-state index in [1.165, 1.54) is 0 Å². The van der Waals surface area contributed by atoms with Crippen molar-refractivity contribution in [3.8, 4) is 0 Å². The number of halogens is 1. The lowest BCUT2D eigenvalue weighted by Crippen LogP contribution is -2.47. The molecule has 0 heterocycles. The molecule has 1 aliphatic rings.